The van der Waals surface area contributed by atoms with Crippen LogP contribution in [0.2, 0.25) is 0 Å². The quantitative estimate of drug-likeness (QED) is 0.465. The average molecular weight is 294 g/mol. The van der Waals surface area contributed by atoms with Gasteiger partial charge in [-0.2, -0.15) is 0 Å². The predicted molar refractivity (Wildman–Crippen MR) is 82.1 cm³/mol. The van der Waals surface area contributed by atoms with Gasteiger partial charge in [0.25, 0.3) is 0 Å². The molecule has 0 radical (unpaired) electrons. The van der Waals surface area contributed by atoms with Crippen LogP contribution in [0.25, 0.3) is 22.1 Å². The van der Waals surface area contributed by atoms with E-state index < -0.39 is 12.2 Å². The Morgan fingerprint density at radius 2 is 1.09 bits per heavy atom. The number of benzene rings is 2. The van der Waals surface area contributed by atoms with Crippen molar-refractivity contribution in [2.75, 3.05) is 0 Å². The van der Waals surface area contributed by atoms with Crippen LogP contribution in [0.4, 0.5) is 0 Å². The molecule has 4 aromatic rings. The molecule has 0 saturated carbocycles. The molecule has 4 rings (SSSR count). The topological polar surface area (TPSA) is 97.8 Å². The number of imidazole rings is 2. The molecule has 2 aromatic heterocycles. The van der Waals surface area contributed by atoms with Crippen LogP contribution in [-0.4, -0.2) is 30.1 Å². The van der Waals surface area contributed by atoms with E-state index in [-0.39, 0.29) is 0 Å². The Kier molecular flexibility index (Phi) is 2.92. The Labute approximate surface area is 125 Å². The lowest BCUT2D eigenvalue weighted by Crippen LogP contribution is -2.13. The van der Waals surface area contributed by atoms with Gasteiger partial charge in [0.1, 0.15) is 23.9 Å². The highest BCUT2D eigenvalue weighted by atomic mass is 16.3. The molecule has 0 bridgehead atoms. The van der Waals surface area contributed by atoms with E-state index in [9.17, 15) is 10.2 Å². The number of H-pyrrole nitrogens is 2. The molecule has 0 spiro atoms. The second kappa shape index (κ2) is 4.94. The summed E-state index contributed by atoms with van der Waals surface area (Å²) in [5.41, 5.74) is 3.11. The fraction of sp³-hybridized carbons (Fsp3) is 0.125. The summed E-state index contributed by atoms with van der Waals surface area (Å²) in [7, 11) is 0. The largest absolute Gasteiger partial charge is 0.382 e. The van der Waals surface area contributed by atoms with Crippen LogP contribution in [0.15, 0.2) is 48.5 Å². The summed E-state index contributed by atoms with van der Waals surface area (Å²) in [5, 5.41) is 20.7. The lowest BCUT2D eigenvalue weighted by molar-refractivity contribution is 0.00780. The molecule has 0 amide bonds. The Morgan fingerprint density at radius 1 is 0.682 bits per heavy atom. The van der Waals surface area contributed by atoms with Crippen LogP contribution in [-0.2, 0) is 0 Å². The minimum Gasteiger partial charge on any atom is -0.382 e. The fourth-order valence-corrected chi connectivity index (χ4v) is 2.52. The molecule has 6 heteroatoms. The number of aliphatic hydroxyl groups excluding tert-OH is 2. The maximum Gasteiger partial charge on any atom is 0.145 e. The molecule has 4 N–H and O–H groups in total. The molecule has 2 aromatic carbocycles. The van der Waals surface area contributed by atoms with Gasteiger partial charge in [-0.3, -0.25) is 0 Å². The first-order valence-corrected chi connectivity index (χ1v) is 6.98. The molecule has 0 saturated heterocycles. The molecule has 0 aliphatic carbocycles. The Bertz CT molecular complexity index is 799. The number of nitrogens with one attached hydrogen (secondary N) is 2. The van der Waals surface area contributed by atoms with E-state index in [1.807, 2.05) is 48.5 Å². The summed E-state index contributed by atoms with van der Waals surface area (Å²) >= 11 is 0. The number of aromatic nitrogens is 4. The highest BCUT2D eigenvalue weighted by molar-refractivity contribution is 5.75. The molecule has 0 fully saturated rings. The lowest BCUT2D eigenvalue weighted by atomic mass is 10.2. The maximum atomic E-state index is 10.4. The Hall–Kier alpha value is -2.70. The number of hydrogen-bond donors (Lipinski definition) is 4. The Morgan fingerprint density at radius 3 is 1.50 bits per heavy atom. The SMILES string of the molecule is O[C@H](c1nc2ccccc2[nH]1)[C@@H](O)c1nc2ccccc2[nH]1. The van der Waals surface area contributed by atoms with Gasteiger partial charge in [-0.25, -0.2) is 9.97 Å². The van der Waals surface area contributed by atoms with Crippen LogP contribution in [0.5, 0.6) is 0 Å². The van der Waals surface area contributed by atoms with E-state index in [2.05, 4.69) is 19.9 Å². The first-order valence-electron chi connectivity index (χ1n) is 6.98. The van der Waals surface area contributed by atoms with Crippen LogP contribution < -0.4 is 0 Å². The monoisotopic (exact) mass is 294 g/mol. The standard InChI is InChI=1S/C16H14N4O2/c21-13(15-17-9-5-1-2-6-10(9)18-15)14(22)16-19-11-7-3-4-8-12(11)20-16/h1-8,13-14,21-22H,(H,17,18)(H,19,20)/t13-,14+. The van der Waals surface area contributed by atoms with Crippen molar-refractivity contribution in [1.29, 1.82) is 0 Å². The van der Waals surface area contributed by atoms with E-state index in [0.717, 1.165) is 22.1 Å². The normalized spacial score (nSPS) is 14.5. The third-order valence-corrected chi connectivity index (χ3v) is 3.67. The second-order valence-electron chi connectivity index (χ2n) is 5.17. The second-order valence-corrected chi connectivity index (χ2v) is 5.17. The zero-order chi connectivity index (χ0) is 15.1. The minimum absolute atomic E-state index is 0.314. The third kappa shape index (κ3) is 2.05. The number of fused-ring (bicyclic) bond motifs is 2. The molecule has 0 aliphatic heterocycles. The van der Waals surface area contributed by atoms with Crippen molar-refractivity contribution in [1.82, 2.24) is 19.9 Å². The van der Waals surface area contributed by atoms with Crippen molar-refractivity contribution >= 4 is 22.1 Å². The van der Waals surface area contributed by atoms with Crippen molar-refractivity contribution in [2.24, 2.45) is 0 Å². The first kappa shape index (κ1) is 13.0. The number of aromatic amines is 2. The summed E-state index contributed by atoms with van der Waals surface area (Å²) in [6.45, 7) is 0. The van der Waals surface area contributed by atoms with Crippen LogP contribution in [0, 0.1) is 0 Å². The molecule has 2 atom stereocenters. The maximum absolute atomic E-state index is 10.4. The van der Waals surface area contributed by atoms with Gasteiger partial charge in [-0.1, -0.05) is 24.3 Å². The third-order valence-electron chi connectivity index (χ3n) is 3.67. The highest BCUT2D eigenvalue weighted by Gasteiger charge is 2.26. The van der Waals surface area contributed by atoms with Gasteiger partial charge in [0, 0.05) is 0 Å². The van der Waals surface area contributed by atoms with Gasteiger partial charge in [0.05, 0.1) is 22.1 Å². The molecule has 0 aliphatic rings. The van der Waals surface area contributed by atoms with E-state index in [0.29, 0.717) is 11.6 Å². The number of nitrogens with zero attached hydrogens (tertiary/aromatic N) is 2. The number of para-hydroxylation sites is 4. The smallest absolute Gasteiger partial charge is 0.145 e. The van der Waals surface area contributed by atoms with Crippen molar-refractivity contribution in [2.45, 2.75) is 12.2 Å². The zero-order valence-electron chi connectivity index (χ0n) is 11.6. The summed E-state index contributed by atoms with van der Waals surface area (Å²) in [4.78, 5) is 14.6. The molecule has 0 unspecified atom stereocenters. The van der Waals surface area contributed by atoms with E-state index in [1.165, 1.54) is 0 Å². The molecular formula is C16H14N4O2. The van der Waals surface area contributed by atoms with Gasteiger partial charge >= 0.3 is 0 Å². The van der Waals surface area contributed by atoms with E-state index >= 15 is 0 Å². The van der Waals surface area contributed by atoms with E-state index in [4.69, 9.17) is 0 Å². The molecule has 2 heterocycles. The summed E-state index contributed by atoms with van der Waals surface area (Å²) < 4.78 is 0. The number of aliphatic hydroxyl groups is 2. The van der Waals surface area contributed by atoms with Crippen LogP contribution in [0.1, 0.15) is 23.9 Å². The van der Waals surface area contributed by atoms with Crippen molar-refractivity contribution in [3.05, 3.63) is 60.2 Å². The van der Waals surface area contributed by atoms with Gasteiger partial charge in [-0.05, 0) is 24.3 Å². The highest BCUT2D eigenvalue weighted by Crippen LogP contribution is 2.28. The van der Waals surface area contributed by atoms with Crippen LogP contribution in [0.3, 0.4) is 0 Å². The molecular weight excluding hydrogens is 280 g/mol. The predicted octanol–water partition coefficient (Wildman–Crippen LogP) is 2.21. The molecule has 6 nitrogen and oxygen atoms in total. The number of rotatable bonds is 3. The summed E-state index contributed by atoms with van der Waals surface area (Å²) in [6, 6.07) is 14.9. The minimum atomic E-state index is -1.19. The zero-order valence-corrected chi connectivity index (χ0v) is 11.6. The number of hydrogen-bond acceptors (Lipinski definition) is 4. The Balaban J connectivity index is 1.70. The average Bonchev–Trinajstić information content (AvgIpc) is 3.16. The van der Waals surface area contributed by atoms with Crippen molar-refractivity contribution < 1.29 is 10.2 Å². The van der Waals surface area contributed by atoms with Crippen molar-refractivity contribution in [3.63, 3.8) is 0 Å². The van der Waals surface area contributed by atoms with Gasteiger partial charge in [0.15, 0.2) is 0 Å². The molecule has 22 heavy (non-hydrogen) atoms. The lowest BCUT2D eigenvalue weighted by Gasteiger charge is -2.13. The van der Waals surface area contributed by atoms with Gasteiger partial charge in [0.2, 0.25) is 0 Å². The fourth-order valence-electron chi connectivity index (χ4n) is 2.52. The summed E-state index contributed by atoms with van der Waals surface area (Å²) in [6.07, 6.45) is -2.37. The van der Waals surface area contributed by atoms with Gasteiger partial charge in [-0.15, -0.1) is 0 Å². The van der Waals surface area contributed by atoms with Crippen molar-refractivity contribution in [3.8, 4) is 0 Å². The van der Waals surface area contributed by atoms with Gasteiger partial charge < -0.3 is 20.2 Å². The molecule has 110 valence electrons. The van der Waals surface area contributed by atoms with Crippen LogP contribution >= 0.6 is 0 Å². The first-order chi connectivity index (χ1) is 10.7. The van der Waals surface area contributed by atoms with E-state index in [1.54, 1.807) is 0 Å². The summed E-state index contributed by atoms with van der Waals surface area (Å²) in [5.74, 6) is 0.628.